The van der Waals surface area contributed by atoms with Crippen LogP contribution in [0, 0.1) is 0 Å². The van der Waals surface area contributed by atoms with E-state index in [1.54, 1.807) is 0 Å². The normalized spacial score (nSPS) is 17.3. The van der Waals surface area contributed by atoms with Gasteiger partial charge in [0, 0.05) is 51.8 Å². The highest BCUT2D eigenvalue weighted by molar-refractivity contribution is 7.99. The van der Waals surface area contributed by atoms with E-state index in [-0.39, 0.29) is 10.7 Å². The lowest BCUT2D eigenvalue weighted by Crippen LogP contribution is -2.36. The number of rotatable bonds is 6. The predicted octanol–water partition coefficient (Wildman–Crippen LogP) is 0.436. The van der Waals surface area contributed by atoms with Gasteiger partial charge >= 0.3 is 0 Å². The first-order chi connectivity index (χ1) is 9.93. The van der Waals surface area contributed by atoms with E-state index < -0.39 is 10.0 Å². The van der Waals surface area contributed by atoms with E-state index >= 15 is 0 Å². The Morgan fingerprint density at radius 3 is 2.67 bits per heavy atom. The van der Waals surface area contributed by atoms with Crippen LogP contribution < -0.4 is 11.1 Å². The average molecular weight is 352 g/mol. The highest BCUT2D eigenvalue weighted by atomic mass is 32.2. The van der Waals surface area contributed by atoms with Gasteiger partial charge in [-0.15, -0.1) is 0 Å². The number of thioether (sulfide) groups is 1. The van der Waals surface area contributed by atoms with Crippen molar-refractivity contribution in [2.45, 2.75) is 4.90 Å². The molecule has 0 spiro atoms. The number of hydrogen-bond donors (Lipinski definition) is 2. The molecule has 0 saturated carbocycles. The largest absolute Gasteiger partial charge is 0.382 e. The van der Waals surface area contributed by atoms with E-state index in [1.165, 1.54) is 14.1 Å². The van der Waals surface area contributed by atoms with Crippen molar-refractivity contribution in [2.75, 3.05) is 62.8 Å². The number of nitrogen functional groups attached to an aromatic ring is 1. The zero-order valence-corrected chi connectivity index (χ0v) is 14.7. The van der Waals surface area contributed by atoms with Gasteiger partial charge in [0.1, 0.15) is 5.00 Å². The van der Waals surface area contributed by atoms with Crippen molar-refractivity contribution in [1.29, 1.82) is 0 Å². The summed E-state index contributed by atoms with van der Waals surface area (Å²) in [6.45, 7) is 3.74. The molecule has 120 valence electrons. The first-order valence-corrected chi connectivity index (χ1v) is 10.0. The highest BCUT2D eigenvalue weighted by Gasteiger charge is 2.27. The molecule has 21 heavy (non-hydrogen) atoms. The van der Waals surface area contributed by atoms with E-state index in [1.807, 2.05) is 11.8 Å². The fourth-order valence-electron chi connectivity index (χ4n) is 1.99. The number of aromatic nitrogens is 1. The average Bonchev–Trinajstić information content (AvgIpc) is 2.81. The van der Waals surface area contributed by atoms with Crippen LogP contribution in [0.4, 0.5) is 10.8 Å². The summed E-state index contributed by atoms with van der Waals surface area (Å²) in [5, 5.41) is 3.69. The van der Waals surface area contributed by atoms with Gasteiger partial charge in [-0.25, -0.2) is 12.7 Å². The Hall–Kier alpha value is -0.550. The van der Waals surface area contributed by atoms with Crippen molar-refractivity contribution in [3.8, 4) is 0 Å². The van der Waals surface area contributed by atoms with Crippen molar-refractivity contribution in [3.05, 3.63) is 0 Å². The first-order valence-electron chi connectivity index (χ1n) is 6.64. The molecule has 1 aliphatic heterocycles. The number of nitrogens with zero attached hydrogens (tertiary/aromatic N) is 3. The molecule has 7 nitrogen and oxygen atoms in total. The van der Waals surface area contributed by atoms with Gasteiger partial charge in [0.25, 0.3) is 0 Å². The van der Waals surface area contributed by atoms with E-state index in [4.69, 9.17) is 5.73 Å². The third-order valence-corrected chi connectivity index (χ3v) is 7.01. The Balaban J connectivity index is 2.01. The van der Waals surface area contributed by atoms with Crippen LogP contribution in [0.3, 0.4) is 0 Å². The van der Waals surface area contributed by atoms with Gasteiger partial charge in [0.2, 0.25) is 10.0 Å². The molecule has 0 atom stereocenters. The lowest BCUT2D eigenvalue weighted by Gasteiger charge is -2.26. The molecule has 1 aliphatic rings. The number of nitrogens with one attached hydrogen (secondary N) is 1. The second-order valence-electron chi connectivity index (χ2n) is 4.89. The van der Waals surface area contributed by atoms with Crippen LogP contribution in [-0.2, 0) is 10.0 Å². The monoisotopic (exact) mass is 351 g/mol. The summed E-state index contributed by atoms with van der Waals surface area (Å²) in [5.41, 5.74) is 5.72. The summed E-state index contributed by atoms with van der Waals surface area (Å²) in [4.78, 5) is 2.46. The predicted molar refractivity (Wildman–Crippen MR) is 89.7 cm³/mol. The number of nitrogens with two attached hydrogens (primary N) is 1. The molecule has 0 aliphatic carbocycles. The van der Waals surface area contributed by atoms with Crippen molar-refractivity contribution in [3.63, 3.8) is 0 Å². The van der Waals surface area contributed by atoms with Crippen molar-refractivity contribution in [2.24, 2.45) is 0 Å². The van der Waals surface area contributed by atoms with Crippen LogP contribution in [0.5, 0.6) is 0 Å². The summed E-state index contributed by atoms with van der Waals surface area (Å²) >= 11 is 3.06. The molecule has 2 rings (SSSR count). The Bertz CT molecular complexity index is 566. The second-order valence-corrected chi connectivity index (χ2v) is 8.98. The van der Waals surface area contributed by atoms with Gasteiger partial charge in [-0.3, -0.25) is 4.90 Å². The number of anilines is 2. The summed E-state index contributed by atoms with van der Waals surface area (Å²) in [7, 11) is -0.598. The van der Waals surface area contributed by atoms with Gasteiger partial charge in [0.05, 0.1) is 0 Å². The molecule has 1 aromatic heterocycles. The molecule has 2 heterocycles. The maximum absolute atomic E-state index is 12.3. The van der Waals surface area contributed by atoms with Crippen LogP contribution in [0.2, 0.25) is 0 Å². The summed E-state index contributed by atoms with van der Waals surface area (Å²) < 4.78 is 29.6. The highest BCUT2D eigenvalue weighted by Crippen LogP contribution is 2.32. The Labute approximate surface area is 134 Å². The van der Waals surface area contributed by atoms with E-state index in [9.17, 15) is 8.42 Å². The standard InChI is InChI=1S/C11H21N5O2S3/c1-15(2)21(17,18)9-10(12)14-20-11(9)13-3-4-16-5-7-19-8-6-16/h13H,3-8H2,1-2H3,(H2,12,14). The maximum atomic E-state index is 12.3. The van der Waals surface area contributed by atoms with Crippen LogP contribution in [0.1, 0.15) is 0 Å². The van der Waals surface area contributed by atoms with Crippen LogP contribution in [0.25, 0.3) is 0 Å². The topological polar surface area (TPSA) is 91.6 Å². The minimum Gasteiger partial charge on any atom is -0.382 e. The van der Waals surface area contributed by atoms with E-state index in [0.29, 0.717) is 11.5 Å². The molecule has 1 saturated heterocycles. The minimum absolute atomic E-state index is 0.0607. The summed E-state index contributed by atoms with van der Waals surface area (Å²) in [6, 6.07) is 0. The Kier molecular flexibility index (Phi) is 5.72. The van der Waals surface area contributed by atoms with Crippen molar-refractivity contribution >= 4 is 44.1 Å². The van der Waals surface area contributed by atoms with Crippen molar-refractivity contribution < 1.29 is 8.42 Å². The lowest BCUT2D eigenvalue weighted by molar-refractivity contribution is 0.314. The molecule has 0 aromatic carbocycles. The van der Waals surface area contributed by atoms with Gasteiger partial charge < -0.3 is 11.1 Å². The van der Waals surface area contributed by atoms with Crippen molar-refractivity contribution in [1.82, 2.24) is 13.6 Å². The lowest BCUT2D eigenvalue weighted by atomic mass is 10.4. The maximum Gasteiger partial charge on any atom is 0.249 e. The van der Waals surface area contributed by atoms with Crippen LogP contribution in [-0.4, -0.2) is 73.8 Å². The molecule has 10 heteroatoms. The van der Waals surface area contributed by atoms with Gasteiger partial charge in [-0.05, 0) is 11.5 Å². The fraction of sp³-hybridized carbons (Fsp3) is 0.727. The zero-order chi connectivity index (χ0) is 15.5. The molecule has 0 radical (unpaired) electrons. The zero-order valence-electron chi connectivity index (χ0n) is 12.2. The van der Waals surface area contributed by atoms with Crippen LogP contribution in [0.15, 0.2) is 4.90 Å². The first kappa shape index (κ1) is 16.8. The van der Waals surface area contributed by atoms with Gasteiger partial charge in [-0.2, -0.15) is 16.1 Å². The SMILES string of the molecule is CN(C)S(=O)(=O)c1c(N)nsc1NCCN1CCSCC1. The van der Waals surface area contributed by atoms with E-state index in [2.05, 4.69) is 14.6 Å². The molecule has 1 aromatic rings. The Morgan fingerprint density at radius 2 is 2.05 bits per heavy atom. The third kappa shape index (κ3) is 4.01. The molecular formula is C11H21N5O2S3. The molecule has 3 N–H and O–H groups in total. The molecule has 0 amide bonds. The Morgan fingerprint density at radius 1 is 1.38 bits per heavy atom. The molecule has 1 fully saturated rings. The quantitative estimate of drug-likeness (QED) is 0.768. The van der Waals surface area contributed by atoms with Gasteiger partial charge in [-0.1, -0.05) is 0 Å². The minimum atomic E-state index is -3.57. The van der Waals surface area contributed by atoms with Crippen LogP contribution >= 0.6 is 23.3 Å². The fourth-order valence-corrected chi connectivity index (χ4v) is 5.07. The molecule has 0 bridgehead atoms. The van der Waals surface area contributed by atoms with E-state index in [0.717, 1.165) is 47.0 Å². The number of sulfonamides is 1. The number of hydrogen-bond acceptors (Lipinski definition) is 8. The third-order valence-electron chi connectivity index (χ3n) is 3.23. The smallest absolute Gasteiger partial charge is 0.249 e. The molecule has 0 unspecified atom stereocenters. The van der Waals surface area contributed by atoms with Gasteiger partial charge in [0.15, 0.2) is 10.7 Å². The summed E-state index contributed by atoms with van der Waals surface area (Å²) in [6.07, 6.45) is 0. The second kappa shape index (κ2) is 7.14. The summed E-state index contributed by atoms with van der Waals surface area (Å²) in [5.74, 6) is 2.38. The molecular weight excluding hydrogens is 330 g/mol.